The first-order valence-electron chi connectivity index (χ1n) is 7.45. The Bertz CT molecular complexity index is 137. The van der Waals surface area contributed by atoms with Crippen molar-refractivity contribution in [1.82, 2.24) is 0 Å². The first kappa shape index (κ1) is 25.7. The highest BCUT2D eigenvalue weighted by Gasteiger charge is 1.98. The molecule has 0 saturated carbocycles. The molecule has 0 aromatic rings. The third kappa shape index (κ3) is 22.2. The van der Waals surface area contributed by atoms with E-state index in [0.717, 1.165) is 19.3 Å². The Morgan fingerprint density at radius 3 is 1.19 bits per heavy atom. The van der Waals surface area contributed by atoms with Crippen molar-refractivity contribution in [2.45, 2.75) is 58.3 Å². The average Bonchev–Trinajstić information content (AvgIpc) is 2.52. The van der Waals surface area contributed by atoms with Crippen LogP contribution in [0, 0.1) is 0 Å². The van der Waals surface area contributed by atoms with Gasteiger partial charge in [-0.05, 0) is 19.3 Å². The zero-order chi connectivity index (χ0) is 17.1. The smallest absolute Gasteiger partial charge is 0.0799 e. The van der Waals surface area contributed by atoms with E-state index in [4.69, 9.17) is 24.8 Å². The van der Waals surface area contributed by atoms with Crippen molar-refractivity contribution in [3.05, 3.63) is 0 Å². The van der Waals surface area contributed by atoms with Gasteiger partial charge in [-0.3, -0.25) is 0 Å². The normalized spacial score (nSPS) is 14.1. The maximum atomic E-state index is 8.73. The maximum Gasteiger partial charge on any atom is 0.0799 e. The van der Waals surface area contributed by atoms with Crippen molar-refractivity contribution in [1.29, 1.82) is 0 Å². The fourth-order valence-corrected chi connectivity index (χ4v) is 1.05. The van der Waals surface area contributed by atoms with Crippen LogP contribution in [0.5, 0.6) is 0 Å². The summed E-state index contributed by atoms with van der Waals surface area (Å²) in [5.74, 6) is 0. The molecule has 21 heavy (non-hydrogen) atoms. The van der Waals surface area contributed by atoms with E-state index in [9.17, 15) is 0 Å². The molecule has 0 bridgehead atoms. The largest absolute Gasteiger partial charge is 0.394 e. The van der Waals surface area contributed by atoms with Gasteiger partial charge in [0.25, 0.3) is 0 Å². The molecule has 0 aromatic carbocycles. The second kappa shape index (κ2) is 22.0. The number of aliphatic hydroxyl groups is 3. The molecule has 3 atom stereocenters. The minimum atomic E-state index is -0.273. The van der Waals surface area contributed by atoms with Gasteiger partial charge in [0.2, 0.25) is 0 Å². The number of rotatable bonds is 9. The molecule has 0 rings (SSSR count). The van der Waals surface area contributed by atoms with Gasteiger partial charge in [-0.15, -0.1) is 0 Å². The Morgan fingerprint density at radius 2 is 1.14 bits per heavy atom. The van der Waals surface area contributed by atoms with E-state index in [-0.39, 0.29) is 31.5 Å². The Kier molecular flexibility index (Phi) is 27.0. The van der Waals surface area contributed by atoms with Crippen LogP contribution in [0.4, 0.5) is 0 Å². The van der Waals surface area contributed by atoms with Crippen molar-refractivity contribution < 1.29 is 29.5 Å². The fraction of sp³-hybridized carbons (Fsp3) is 1.00. The van der Waals surface area contributed by atoms with Gasteiger partial charge >= 0.3 is 0 Å². The fourth-order valence-electron chi connectivity index (χ4n) is 1.05. The van der Waals surface area contributed by atoms with Gasteiger partial charge in [0.1, 0.15) is 0 Å². The first-order chi connectivity index (χ1) is 10.0. The van der Waals surface area contributed by atoms with Crippen LogP contribution in [0.25, 0.3) is 0 Å². The molecule has 0 aliphatic carbocycles. The summed E-state index contributed by atoms with van der Waals surface area (Å²) in [5.41, 5.74) is 0. The number of ether oxygens (including phenoxy) is 3. The Morgan fingerprint density at radius 1 is 0.762 bits per heavy atom. The Labute approximate surface area is 130 Å². The summed E-state index contributed by atoms with van der Waals surface area (Å²) in [5, 5.41) is 25.5. The summed E-state index contributed by atoms with van der Waals surface area (Å²) >= 11 is 0. The monoisotopic (exact) mass is 312 g/mol. The summed E-state index contributed by atoms with van der Waals surface area (Å²) in [7, 11) is 4.79. The quantitative estimate of drug-likeness (QED) is 0.593. The lowest BCUT2D eigenvalue weighted by atomic mass is 10.3. The predicted molar refractivity (Wildman–Crippen MR) is 84.5 cm³/mol. The molecular formula is C15H36O6. The van der Waals surface area contributed by atoms with Crippen LogP contribution < -0.4 is 0 Å². The van der Waals surface area contributed by atoms with Crippen LogP contribution in [0.1, 0.15) is 40.0 Å². The highest BCUT2D eigenvalue weighted by molar-refractivity contribution is 4.48. The van der Waals surface area contributed by atoms with Crippen LogP contribution in [0.2, 0.25) is 0 Å². The standard InChI is InChI=1S/3C5H12O2/c1-3-5(6)4-7-2;2*1-3-5(4-6)7-2/h3*5-6H,3-4H2,1-2H3. The lowest BCUT2D eigenvalue weighted by molar-refractivity contribution is 0.0467. The zero-order valence-electron chi connectivity index (χ0n) is 14.5. The second-order valence-corrected chi connectivity index (χ2v) is 4.41. The molecule has 0 aliphatic rings. The van der Waals surface area contributed by atoms with Crippen LogP contribution >= 0.6 is 0 Å². The molecular weight excluding hydrogens is 276 g/mol. The molecule has 0 fully saturated rings. The van der Waals surface area contributed by atoms with E-state index in [2.05, 4.69) is 4.74 Å². The van der Waals surface area contributed by atoms with E-state index in [0.29, 0.717) is 6.61 Å². The molecule has 0 aliphatic heterocycles. The van der Waals surface area contributed by atoms with E-state index in [1.54, 1.807) is 21.3 Å². The predicted octanol–water partition coefficient (Wildman–Crippen LogP) is 1.21. The molecule has 0 aromatic heterocycles. The summed E-state index contributed by atoms with van der Waals surface area (Å²) in [6.07, 6.45) is 2.35. The minimum Gasteiger partial charge on any atom is -0.394 e. The number of hydrogen-bond acceptors (Lipinski definition) is 6. The zero-order valence-corrected chi connectivity index (χ0v) is 14.5. The topological polar surface area (TPSA) is 88.4 Å². The molecule has 0 amide bonds. The number of hydrogen-bond donors (Lipinski definition) is 3. The average molecular weight is 312 g/mol. The SMILES string of the molecule is CCC(CO)OC.CCC(CO)OC.CCC(O)COC. The third-order valence-corrected chi connectivity index (χ3v) is 2.81. The summed E-state index contributed by atoms with van der Waals surface area (Å²) in [6.45, 7) is 6.59. The van der Waals surface area contributed by atoms with E-state index >= 15 is 0 Å². The van der Waals surface area contributed by atoms with Gasteiger partial charge in [0, 0.05) is 21.3 Å². The van der Waals surface area contributed by atoms with Gasteiger partial charge < -0.3 is 29.5 Å². The summed E-state index contributed by atoms with van der Waals surface area (Å²) in [4.78, 5) is 0. The van der Waals surface area contributed by atoms with Gasteiger partial charge in [0.15, 0.2) is 0 Å². The molecule has 0 heterocycles. The van der Waals surface area contributed by atoms with Crippen molar-refractivity contribution in [3.8, 4) is 0 Å². The molecule has 6 heteroatoms. The van der Waals surface area contributed by atoms with Crippen molar-refractivity contribution in [2.24, 2.45) is 0 Å². The molecule has 132 valence electrons. The Balaban J connectivity index is -0.000000231. The molecule has 3 N–H and O–H groups in total. The van der Waals surface area contributed by atoms with Crippen molar-refractivity contribution >= 4 is 0 Å². The van der Waals surface area contributed by atoms with Gasteiger partial charge in [-0.25, -0.2) is 0 Å². The molecule has 0 radical (unpaired) electrons. The van der Waals surface area contributed by atoms with E-state index in [1.807, 2.05) is 20.8 Å². The van der Waals surface area contributed by atoms with Gasteiger partial charge in [-0.2, -0.15) is 0 Å². The van der Waals surface area contributed by atoms with Crippen molar-refractivity contribution in [3.63, 3.8) is 0 Å². The number of methoxy groups -OCH3 is 3. The van der Waals surface area contributed by atoms with Crippen LogP contribution in [-0.4, -0.2) is 74.8 Å². The first-order valence-corrected chi connectivity index (χ1v) is 7.45. The molecule has 0 spiro atoms. The highest BCUT2D eigenvalue weighted by atomic mass is 16.5. The van der Waals surface area contributed by atoms with Crippen LogP contribution in [-0.2, 0) is 14.2 Å². The van der Waals surface area contributed by atoms with Gasteiger partial charge in [0.05, 0.1) is 38.1 Å². The van der Waals surface area contributed by atoms with Crippen molar-refractivity contribution in [2.75, 3.05) is 41.2 Å². The minimum absolute atomic E-state index is 0.0417. The van der Waals surface area contributed by atoms with Crippen LogP contribution in [0.15, 0.2) is 0 Å². The summed E-state index contributed by atoms with van der Waals surface area (Å²) < 4.78 is 14.2. The molecule has 0 saturated heterocycles. The summed E-state index contributed by atoms with van der Waals surface area (Å²) in [6, 6.07) is 0. The van der Waals surface area contributed by atoms with Crippen LogP contribution in [0.3, 0.4) is 0 Å². The molecule has 6 nitrogen and oxygen atoms in total. The lowest BCUT2D eigenvalue weighted by Crippen LogP contribution is -2.13. The molecule has 3 unspecified atom stereocenters. The van der Waals surface area contributed by atoms with E-state index in [1.165, 1.54) is 0 Å². The lowest BCUT2D eigenvalue weighted by Gasteiger charge is -2.06. The Hall–Kier alpha value is -0.240. The maximum absolute atomic E-state index is 8.73. The third-order valence-electron chi connectivity index (χ3n) is 2.81. The van der Waals surface area contributed by atoms with E-state index < -0.39 is 0 Å². The van der Waals surface area contributed by atoms with Gasteiger partial charge in [-0.1, -0.05) is 20.8 Å². The second-order valence-electron chi connectivity index (χ2n) is 4.41. The highest BCUT2D eigenvalue weighted by Crippen LogP contribution is 1.92. The number of aliphatic hydroxyl groups excluding tert-OH is 3.